The van der Waals surface area contributed by atoms with Gasteiger partial charge in [-0.1, -0.05) is 12.1 Å². The van der Waals surface area contributed by atoms with E-state index in [2.05, 4.69) is 10.1 Å². The van der Waals surface area contributed by atoms with Gasteiger partial charge in [-0.3, -0.25) is 4.79 Å². The zero-order chi connectivity index (χ0) is 14.5. The van der Waals surface area contributed by atoms with E-state index in [-0.39, 0.29) is 24.6 Å². The fraction of sp³-hybridized carbons (Fsp3) is 0.500. The van der Waals surface area contributed by atoms with E-state index < -0.39 is 12.7 Å². The van der Waals surface area contributed by atoms with E-state index in [0.29, 0.717) is 11.5 Å². The Kier molecular flexibility index (Phi) is 4.89. The Morgan fingerprint density at radius 3 is 2.55 bits per heavy atom. The molecule has 1 aromatic rings. The predicted octanol–water partition coefficient (Wildman–Crippen LogP) is 1.72. The lowest BCUT2D eigenvalue weighted by Gasteiger charge is -2.11. The van der Waals surface area contributed by atoms with E-state index in [1.54, 1.807) is 12.1 Å². The molecule has 2 N–H and O–H groups in total. The van der Waals surface area contributed by atoms with Crippen molar-refractivity contribution < 1.29 is 23.4 Å². The minimum atomic E-state index is -2.85. The highest BCUT2D eigenvalue weighted by atomic mass is 19.3. The summed E-state index contributed by atoms with van der Waals surface area (Å²) in [5.74, 6) is 0.182. The Balaban J connectivity index is 1.75. The van der Waals surface area contributed by atoms with E-state index in [4.69, 9.17) is 0 Å². The van der Waals surface area contributed by atoms with E-state index in [1.807, 2.05) is 0 Å². The molecule has 6 heteroatoms. The van der Waals surface area contributed by atoms with Crippen molar-refractivity contribution >= 4 is 5.91 Å². The molecule has 110 valence electrons. The first-order chi connectivity index (χ1) is 9.54. The third-order valence-electron chi connectivity index (χ3n) is 3.19. The van der Waals surface area contributed by atoms with Crippen LogP contribution in [0.4, 0.5) is 8.78 Å². The summed E-state index contributed by atoms with van der Waals surface area (Å²) in [4.78, 5) is 11.6. The summed E-state index contributed by atoms with van der Waals surface area (Å²) in [5, 5.41) is 12.3. The molecule has 20 heavy (non-hydrogen) atoms. The summed E-state index contributed by atoms with van der Waals surface area (Å²) in [7, 11) is 0. The molecular weight excluding hydrogens is 268 g/mol. The van der Waals surface area contributed by atoms with Crippen LogP contribution in [0.1, 0.15) is 18.4 Å². The molecule has 1 fully saturated rings. The third-order valence-corrected chi connectivity index (χ3v) is 3.19. The standard InChI is InChI=1S/C14H17F2NO3/c15-14(16)20-11-5-1-9(2-6-11)7-13(19)17-8-12(18)10-3-4-10/h1-2,5-6,10,12,14,18H,3-4,7-8H2,(H,17,19). The molecular formula is C14H17F2NO3. The first-order valence-corrected chi connectivity index (χ1v) is 6.53. The average molecular weight is 285 g/mol. The zero-order valence-electron chi connectivity index (χ0n) is 10.9. The number of alkyl halides is 2. The van der Waals surface area contributed by atoms with Crippen molar-refractivity contribution in [1.82, 2.24) is 5.32 Å². The molecule has 0 aliphatic heterocycles. The SMILES string of the molecule is O=C(Cc1ccc(OC(F)F)cc1)NCC(O)C1CC1. The molecule has 0 spiro atoms. The van der Waals surface area contributed by atoms with Crippen molar-refractivity contribution in [2.75, 3.05) is 6.54 Å². The van der Waals surface area contributed by atoms with Crippen LogP contribution in [-0.2, 0) is 11.2 Å². The van der Waals surface area contributed by atoms with Crippen molar-refractivity contribution in [3.05, 3.63) is 29.8 Å². The number of amides is 1. The first-order valence-electron chi connectivity index (χ1n) is 6.53. The van der Waals surface area contributed by atoms with Crippen LogP contribution in [0.5, 0.6) is 5.75 Å². The van der Waals surface area contributed by atoms with Crippen molar-refractivity contribution in [3.63, 3.8) is 0 Å². The van der Waals surface area contributed by atoms with E-state index >= 15 is 0 Å². The molecule has 1 aromatic carbocycles. The fourth-order valence-corrected chi connectivity index (χ4v) is 1.90. The van der Waals surface area contributed by atoms with Gasteiger partial charge in [-0.2, -0.15) is 8.78 Å². The predicted molar refractivity (Wildman–Crippen MR) is 68.5 cm³/mol. The average Bonchev–Trinajstić information content (AvgIpc) is 3.22. The van der Waals surface area contributed by atoms with Crippen molar-refractivity contribution in [3.8, 4) is 5.75 Å². The number of aliphatic hydroxyl groups is 1. The lowest BCUT2D eigenvalue weighted by molar-refractivity contribution is -0.121. The molecule has 1 aliphatic carbocycles. The maximum absolute atomic E-state index is 12.0. The van der Waals surface area contributed by atoms with Gasteiger partial charge < -0.3 is 15.2 Å². The minimum Gasteiger partial charge on any atom is -0.435 e. The van der Waals surface area contributed by atoms with Crippen LogP contribution in [0, 0.1) is 5.92 Å². The van der Waals surface area contributed by atoms with E-state index in [0.717, 1.165) is 12.8 Å². The molecule has 0 aromatic heterocycles. The quantitative estimate of drug-likeness (QED) is 0.802. The Hall–Kier alpha value is -1.69. The molecule has 0 radical (unpaired) electrons. The highest BCUT2D eigenvalue weighted by Gasteiger charge is 2.29. The van der Waals surface area contributed by atoms with Crippen molar-refractivity contribution in [2.45, 2.75) is 32.0 Å². The monoisotopic (exact) mass is 285 g/mol. The topological polar surface area (TPSA) is 58.6 Å². The van der Waals surface area contributed by atoms with Crippen LogP contribution in [-0.4, -0.2) is 30.3 Å². The maximum atomic E-state index is 12.0. The van der Waals surface area contributed by atoms with E-state index in [1.165, 1.54) is 12.1 Å². The lowest BCUT2D eigenvalue weighted by atomic mass is 10.1. The van der Waals surface area contributed by atoms with Crippen LogP contribution in [0.25, 0.3) is 0 Å². The second-order valence-electron chi connectivity index (χ2n) is 4.91. The third kappa shape index (κ3) is 4.77. The molecule has 1 atom stereocenters. The Morgan fingerprint density at radius 1 is 1.35 bits per heavy atom. The van der Waals surface area contributed by atoms with Gasteiger partial charge in [0.15, 0.2) is 0 Å². The molecule has 4 nitrogen and oxygen atoms in total. The molecule has 1 saturated carbocycles. The van der Waals surface area contributed by atoms with E-state index in [9.17, 15) is 18.7 Å². The molecule has 2 rings (SSSR count). The molecule has 0 heterocycles. The number of benzene rings is 1. The fourth-order valence-electron chi connectivity index (χ4n) is 1.90. The number of rotatable bonds is 7. The number of carbonyl (C=O) groups is 1. The second kappa shape index (κ2) is 6.65. The number of hydrogen-bond donors (Lipinski definition) is 2. The van der Waals surface area contributed by atoms with Crippen LogP contribution in [0.3, 0.4) is 0 Å². The van der Waals surface area contributed by atoms with Crippen LogP contribution in [0.15, 0.2) is 24.3 Å². The Bertz CT molecular complexity index is 446. The van der Waals surface area contributed by atoms with Crippen LogP contribution >= 0.6 is 0 Å². The second-order valence-corrected chi connectivity index (χ2v) is 4.91. The number of carbonyl (C=O) groups excluding carboxylic acids is 1. The molecule has 1 unspecified atom stereocenters. The summed E-state index contributed by atoms with van der Waals surface area (Å²) < 4.78 is 28.2. The van der Waals surface area contributed by atoms with Crippen LogP contribution in [0.2, 0.25) is 0 Å². The molecule has 1 aliphatic rings. The number of nitrogens with one attached hydrogen (secondary N) is 1. The van der Waals surface area contributed by atoms with Gasteiger partial charge in [0.1, 0.15) is 5.75 Å². The molecule has 0 bridgehead atoms. The first kappa shape index (κ1) is 14.7. The van der Waals surface area contributed by atoms with Gasteiger partial charge in [0.2, 0.25) is 5.91 Å². The lowest BCUT2D eigenvalue weighted by Crippen LogP contribution is -2.34. The Morgan fingerprint density at radius 2 is 2.00 bits per heavy atom. The molecule has 0 saturated heterocycles. The highest BCUT2D eigenvalue weighted by Crippen LogP contribution is 2.32. The molecule has 1 amide bonds. The van der Waals surface area contributed by atoms with Crippen LogP contribution < -0.4 is 10.1 Å². The minimum absolute atomic E-state index is 0.0633. The van der Waals surface area contributed by atoms with Gasteiger partial charge in [0.05, 0.1) is 12.5 Å². The van der Waals surface area contributed by atoms with Crippen molar-refractivity contribution in [2.24, 2.45) is 5.92 Å². The smallest absolute Gasteiger partial charge is 0.387 e. The number of hydrogen-bond acceptors (Lipinski definition) is 3. The van der Waals surface area contributed by atoms with Gasteiger partial charge in [0.25, 0.3) is 0 Å². The van der Waals surface area contributed by atoms with Gasteiger partial charge >= 0.3 is 6.61 Å². The zero-order valence-corrected chi connectivity index (χ0v) is 10.9. The summed E-state index contributed by atoms with van der Waals surface area (Å²) in [6.45, 7) is -2.59. The number of ether oxygens (including phenoxy) is 1. The number of aliphatic hydroxyl groups excluding tert-OH is 1. The van der Waals surface area contributed by atoms with Gasteiger partial charge in [-0.25, -0.2) is 0 Å². The summed E-state index contributed by atoms with van der Waals surface area (Å²) >= 11 is 0. The number of halogens is 2. The highest BCUT2D eigenvalue weighted by molar-refractivity contribution is 5.78. The van der Waals surface area contributed by atoms with Gasteiger partial charge in [0, 0.05) is 6.54 Å². The van der Waals surface area contributed by atoms with Gasteiger partial charge in [-0.05, 0) is 36.5 Å². The Labute approximate surface area is 115 Å². The summed E-state index contributed by atoms with van der Waals surface area (Å²) in [6, 6.07) is 5.92. The summed E-state index contributed by atoms with van der Waals surface area (Å²) in [5.41, 5.74) is 0.699. The normalized spacial score (nSPS) is 16.0. The maximum Gasteiger partial charge on any atom is 0.387 e. The van der Waals surface area contributed by atoms with Gasteiger partial charge in [-0.15, -0.1) is 0 Å². The van der Waals surface area contributed by atoms with Crippen molar-refractivity contribution in [1.29, 1.82) is 0 Å². The largest absolute Gasteiger partial charge is 0.435 e. The summed E-state index contributed by atoms with van der Waals surface area (Å²) in [6.07, 6.45) is 1.71.